The van der Waals surface area contributed by atoms with Crippen LogP contribution in [0.3, 0.4) is 0 Å². The summed E-state index contributed by atoms with van der Waals surface area (Å²) in [5.41, 5.74) is 1.61. The topological polar surface area (TPSA) is 67.2 Å². The van der Waals surface area contributed by atoms with Gasteiger partial charge in [-0.2, -0.15) is 5.10 Å². The van der Waals surface area contributed by atoms with E-state index in [1.807, 2.05) is 30.3 Å². The predicted octanol–water partition coefficient (Wildman–Crippen LogP) is 3.47. The van der Waals surface area contributed by atoms with Crippen molar-refractivity contribution in [2.24, 2.45) is 13.0 Å². The molecule has 6 nitrogen and oxygen atoms in total. The highest BCUT2D eigenvalue weighted by molar-refractivity contribution is 9.10. The summed E-state index contributed by atoms with van der Waals surface area (Å²) in [5.74, 6) is 0.0584. The van der Waals surface area contributed by atoms with Gasteiger partial charge < -0.3 is 10.2 Å². The second-order valence-electron chi connectivity index (χ2n) is 7.63. The molecule has 1 N–H and O–H groups in total. The molecule has 3 rings (SSSR count). The average Bonchev–Trinajstić information content (AvgIpc) is 3.11. The van der Waals surface area contributed by atoms with Gasteiger partial charge in [0, 0.05) is 36.0 Å². The van der Waals surface area contributed by atoms with E-state index in [1.165, 1.54) is 0 Å². The number of aryl methyl sites for hydroxylation is 1. The Morgan fingerprint density at radius 1 is 1.31 bits per heavy atom. The Morgan fingerprint density at radius 3 is 2.62 bits per heavy atom. The van der Waals surface area contributed by atoms with Crippen molar-refractivity contribution in [1.29, 1.82) is 0 Å². The second kappa shape index (κ2) is 6.87. The molecule has 1 aromatic heterocycles. The molecular formula is C19H23BrN4O2. The largest absolute Gasteiger partial charge is 0.311 e. The van der Waals surface area contributed by atoms with E-state index in [-0.39, 0.29) is 29.6 Å². The van der Waals surface area contributed by atoms with Crippen LogP contribution in [0.2, 0.25) is 0 Å². The van der Waals surface area contributed by atoms with Gasteiger partial charge >= 0.3 is 0 Å². The lowest BCUT2D eigenvalue weighted by atomic mass is 9.92. The average molecular weight is 419 g/mol. The van der Waals surface area contributed by atoms with Crippen LogP contribution in [0.25, 0.3) is 0 Å². The number of anilines is 2. The Labute approximate surface area is 161 Å². The molecule has 1 saturated heterocycles. The normalized spacial score (nSPS) is 17.7. The molecule has 7 heteroatoms. The van der Waals surface area contributed by atoms with Crippen LogP contribution in [0.15, 0.2) is 34.8 Å². The van der Waals surface area contributed by atoms with Crippen molar-refractivity contribution in [3.8, 4) is 0 Å². The molecule has 0 saturated carbocycles. The molecule has 0 unspecified atom stereocenters. The molecule has 2 heterocycles. The number of nitrogens with one attached hydrogen (secondary N) is 1. The maximum absolute atomic E-state index is 12.7. The van der Waals surface area contributed by atoms with Gasteiger partial charge in [-0.1, -0.05) is 32.9 Å². The van der Waals surface area contributed by atoms with E-state index in [0.29, 0.717) is 12.4 Å². The van der Waals surface area contributed by atoms with Gasteiger partial charge in [0.1, 0.15) is 5.82 Å². The van der Waals surface area contributed by atoms with E-state index in [4.69, 9.17) is 0 Å². The molecule has 0 radical (unpaired) electrons. The summed E-state index contributed by atoms with van der Waals surface area (Å²) >= 11 is 3.47. The van der Waals surface area contributed by atoms with Gasteiger partial charge in [-0.15, -0.1) is 0 Å². The van der Waals surface area contributed by atoms with Crippen molar-refractivity contribution in [1.82, 2.24) is 9.78 Å². The third-order valence-corrected chi connectivity index (χ3v) is 5.21. The molecule has 0 aliphatic carbocycles. The number of nitrogens with zero attached hydrogens (tertiary/aromatic N) is 3. The van der Waals surface area contributed by atoms with Gasteiger partial charge in [-0.3, -0.25) is 14.3 Å². The number of carbonyl (C=O) groups is 2. The number of hydrogen-bond acceptors (Lipinski definition) is 3. The first kappa shape index (κ1) is 18.6. The summed E-state index contributed by atoms with van der Waals surface area (Å²) in [6.45, 7) is 6.60. The number of amides is 2. The molecule has 2 amide bonds. The monoisotopic (exact) mass is 418 g/mol. The number of hydrogen-bond donors (Lipinski definition) is 1. The molecule has 1 fully saturated rings. The summed E-state index contributed by atoms with van der Waals surface area (Å²) in [6.07, 6.45) is 0.206. The third kappa shape index (κ3) is 3.67. The summed E-state index contributed by atoms with van der Waals surface area (Å²) in [4.78, 5) is 26.8. The molecule has 0 spiro atoms. The second-order valence-corrected chi connectivity index (χ2v) is 8.49. The van der Waals surface area contributed by atoms with E-state index in [9.17, 15) is 9.59 Å². The summed E-state index contributed by atoms with van der Waals surface area (Å²) in [7, 11) is 1.80. The number of halogens is 1. The number of benzene rings is 1. The maximum Gasteiger partial charge on any atom is 0.230 e. The Kier molecular flexibility index (Phi) is 4.92. The zero-order valence-corrected chi connectivity index (χ0v) is 17.0. The SMILES string of the molecule is Cn1nc(C(C)(C)C)cc1NC(=O)[C@H]1CC(=O)N(c2ccccc2Br)C1. The summed E-state index contributed by atoms with van der Waals surface area (Å²) in [5, 5.41) is 7.39. The van der Waals surface area contributed by atoms with Crippen molar-refractivity contribution in [2.45, 2.75) is 32.6 Å². The van der Waals surface area contributed by atoms with Crippen LogP contribution in [-0.2, 0) is 22.1 Å². The lowest BCUT2D eigenvalue weighted by Crippen LogP contribution is -2.28. The molecule has 0 bridgehead atoms. The van der Waals surface area contributed by atoms with Crippen molar-refractivity contribution in [3.05, 3.63) is 40.5 Å². The highest BCUT2D eigenvalue weighted by Gasteiger charge is 2.36. The van der Waals surface area contributed by atoms with E-state index in [1.54, 1.807) is 16.6 Å². The zero-order valence-electron chi connectivity index (χ0n) is 15.4. The fourth-order valence-electron chi connectivity index (χ4n) is 2.97. The fraction of sp³-hybridized carbons (Fsp3) is 0.421. The molecular weight excluding hydrogens is 396 g/mol. The van der Waals surface area contributed by atoms with E-state index < -0.39 is 0 Å². The van der Waals surface area contributed by atoms with Crippen molar-refractivity contribution in [3.63, 3.8) is 0 Å². The smallest absolute Gasteiger partial charge is 0.230 e. The molecule has 26 heavy (non-hydrogen) atoms. The summed E-state index contributed by atoms with van der Waals surface area (Å²) in [6, 6.07) is 9.43. The van der Waals surface area contributed by atoms with Crippen LogP contribution in [0, 0.1) is 5.92 Å². The highest BCUT2D eigenvalue weighted by atomic mass is 79.9. The van der Waals surface area contributed by atoms with Gasteiger partial charge in [0.05, 0.1) is 17.3 Å². The summed E-state index contributed by atoms with van der Waals surface area (Å²) < 4.78 is 2.51. The molecule has 1 aliphatic rings. The highest BCUT2D eigenvalue weighted by Crippen LogP contribution is 2.32. The predicted molar refractivity (Wildman–Crippen MR) is 105 cm³/mol. The number of aromatic nitrogens is 2. The van der Waals surface area contributed by atoms with Crippen LogP contribution >= 0.6 is 15.9 Å². The Hall–Kier alpha value is -2.15. The van der Waals surface area contributed by atoms with Crippen LogP contribution in [0.1, 0.15) is 32.9 Å². The fourth-order valence-corrected chi connectivity index (χ4v) is 3.46. The lowest BCUT2D eigenvalue weighted by Gasteiger charge is -2.18. The Morgan fingerprint density at radius 2 is 2.00 bits per heavy atom. The number of rotatable bonds is 3. The van der Waals surface area contributed by atoms with E-state index >= 15 is 0 Å². The van der Waals surface area contributed by atoms with Crippen LogP contribution < -0.4 is 10.2 Å². The first-order valence-electron chi connectivity index (χ1n) is 8.57. The first-order chi connectivity index (χ1) is 12.2. The van der Waals surface area contributed by atoms with E-state index in [0.717, 1.165) is 15.9 Å². The van der Waals surface area contributed by atoms with Crippen molar-refractivity contribution >= 4 is 39.2 Å². The Bertz CT molecular complexity index is 853. The van der Waals surface area contributed by atoms with Gasteiger partial charge in [-0.05, 0) is 28.1 Å². The van der Waals surface area contributed by atoms with Crippen LogP contribution in [0.4, 0.5) is 11.5 Å². The first-order valence-corrected chi connectivity index (χ1v) is 9.36. The standard InChI is InChI=1S/C19H23BrN4O2/c1-19(2,3)15-10-16(23(4)22-15)21-18(26)12-9-17(25)24(11-12)14-8-6-5-7-13(14)20/h5-8,10,12H,9,11H2,1-4H3,(H,21,26)/t12-/m0/s1. The number of carbonyl (C=O) groups excluding carboxylic acids is 2. The number of para-hydroxylation sites is 1. The molecule has 138 valence electrons. The maximum atomic E-state index is 12.7. The van der Waals surface area contributed by atoms with Crippen molar-refractivity contribution in [2.75, 3.05) is 16.8 Å². The molecule has 1 aliphatic heterocycles. The lowest BCUT2D eigenvalue weighted by molar-refractivity contribution is -0.122. The van der Waals surface area contributed by atoms with Gasteiger partial charge in [0.15, 0.2) is 0 Å². The van der Waals surface area contributed by atoms with Gasteiger partial charge in [-0.25, -0.2) is 0 Å². The zero-order chi connectivity index (χ0) is 19.1. The Balaban J connectivity index is 1.73. The molecule has 1 aromatic carbocycles. The third-order valence-electron chi connectivity index (χ3n) is 4.54. The van der Waals surface area contributed by atoms with E-state index in [2.05, 4.69) is 47.1 Å². The molecule has 1 atom stereocenters. The quantitative estimate of drug-likeness (QED) is 0.829. The van der Waals surface area contributed by atoms with Crippen LogP contribution in [-0.4, -0.2) is 28.1 Å². The minimum absolute atomic E-state index is 0.0440. The van der Waals surface area contributed by atoms with Gasteiger partial charge in [0.2, 0.25) is 11.8 Å². The van der Waals surface area contributed by atoms with Gasteiger partial charge in [0.25, 0.3) is 0 Å². The minimum atomic E-state index is -0.386. The van der Waals surface area contributed by atoms with Crippen molar-refractivity contribution < 1.29 is 9.59 Å². The molecule has 2 aromatic rings. The van der Waals surface area contributed by atoms with Crippen LogP contribution in [0.5, 0.6) is 0 Å². The minimum Gasteiger partial charge on any atom is -0.311 e.